The number of pyridine rings is 1. The maximum Gasteiger partial charge on any atom is 0.267 e. The van der Waals surface area contributed by atoms with Crippen molar-refractivity contribution in [1.82, 2.24) is 23.8 Å². The second kappa shape index (κ2) is 9.65. The van der Waals surface area contributed by atoms with Crippen molar-refractivity contribution in [3.05, 3.63) is 88.1 Å². The lowest BCUT2D eigenvalue weighted by Gasteiger charge is -2.12. The number of amides is 1. The van der Waals surface area contributed by atoms with Crippen LogP contribution >= 0.6 is 24.0 Å². The third-order valence-electron chi connectivity index (χ3n) is 5.26. The Hall–Kier alpha value is -3.70. The summed E-state index contributed by atoms with van der Waals surface area (Å²) in [5.41, 5.74) is 0.566. The lowest BCUT2D eigenvalue weighted by Crippen LogP contribution is -2.27. The molecule has 0 aliphatic carbocycles. The standard InChI is InChI=1S/C23H20N6O3S2/c30-21-17(13-18-22(31)29(23(33)34-18)14-16-5-3-12-32-16)20(26-19-6-1-2-10-28(19)21)25-7-4-9-27-11-8-24-15-27/h1-3,5-6,8,10-13,15,25H,4,7,9,14H2/b18-13+. The molecule has 0 atom stereocenters. The van der Waals surface area contributed by atoms with E-state index in [1.54, 1.807) is 55.3 Å². The second-order valence-corrected chi connectivity index (χ2v) is 9.21. The quantitative estimate of drug-likeness (QED) is 0.227. The predicted molar refractivity (Wildman–Crippen MR) is 134 cm³/mol. The first-order valence-electron chi connectivity index (χ1n) is 10.6. The zero-order chi connectivity index (χ0) is 23.5. The molecule has 11 heteroatoms. The number of carbonyl (C=O) groups excluding carboxylic acids is 1. The Bertz CT molecular complexity index is 1430. The van der Waals surface area contributed by atoms with E-state index >= 15 is 0 Å². The minimum absolute atomic E-state index is 0.239. The van der Waals surface area contributed by atoms with E-state index in [1.807, 2.05) is 16.8 Å². The van der Waals surface area contributed by atoms with Crippen molar-refractivity contribution < 1.29 is 9.21 Å². The minimum atomic E-state index is -0.269. The van der Waals surface area contributed by atoms with Crippen molar-refractivity contribution in [2.75, 3.05) is 11.9 Å². The van der Waals surface area contributed by atoms with Crippen molar-refractivity contribution in [1.29, 1.82) is 0 Å². The molecule has 1 saturated heterocycles. The molecular weight excluding hydrogens is 472 g/mol. The summed E-state index contributed by atoms with van der Waals surface area (Å²) >= 11 is 6.58. The highest BCUT2D eigenvalue weighted by molar-refractivity contribution is 8.26. The van der Waals surface area contributed by atoms with Gasteiger partial charge in [0.05, 0.1) is 29.6 Å². The molecule has 0 aromatic carbocycles. The van der Waals surface area contributed by atoms with Crippen molar-refractivity contribution >= 4 is 51.7 Å². The van der Waals surface area contributed by atoms with Crippen molar-refractivity contribution in [3.63, 3.8) is 0 Å². The molecule has 1 aliphatic heterocycles. The van der Waals surface area contributed by atoms with Gasteiger partial charge < -0.3 is 14.3 Å². The van der Waals surface area contributed by atoms with Crippen LogP contribution in [0.3, 0.4) is 0 Å². The van der Waals surface area contributed by atoms with Crippen LogP contribution in [0.5, 0.6) is 0 Å². The van der Waals surface area contributed by atoms with E-state index < -0.39 is 0 Å². The first-order valence-corrected chi connectivity index (χ1v) is 11.8. The number of fused-ring (bicyclic) bond motifs is 1. The van der Waals surface area contributed by atoms with E-state index in [9.17, 15) is 9.59 Å². The average Bonchev–Trinajstić information content (AvgIpc) is 3.59. The van der Waals surface area contributed by atoms with E-state index in [1.165, 1.54) is 9.30 Å². The zero-order valence-electron chi connectivity index (χ0n) is 18.0. The van der Waals surface area contributed by atoms with Crippen molar-refractivity contribution in [2.45, 2.75) is 19.5 Å². The molecule has 34 heavy (non-hydrogen) atoms. The van der Waals surface area contributed by atoms with E-state index in [2.05, 4.69) is 15.3 Å². The zero-order valence-corrected chi connectivity index (χ0v) is 19.6. The van der Waals surface area contributed by atoms with E-state index in [-0.39, 0.29) is 18.0 Å². The summed E-state index contributed by atoms with van der Waals surface area (Å²) in [7, 11) is 0. The first kappa shape index (κ1) is 22.1. The molecule has 0 spiro atoms. The molecular formula is C23H20N6O3S2. The van der Waals surface area contributed by atoms with Crippen LogP contribution in [-0.4, -0.2) is 40.6 Å². The summed E-state index contributed by atoms with van der Waals surface area (Å²) in [6.07, 6.45) is 11.0. The Balaban J connectivity index is 1.44. The first-order chi connectivity index (χ1) is 16.6. The number of furan rings is 1. The number of carbonyl (C=O) groups is 1. The van der Waals surface area contributed by atoms with Crippen LogP contribution in [0.1, 0.15) is 17.7 Å². The summed E-state index contributed by atoms with van der Waals surface area (Å²) in [5.74, 6) is 0.790. The van der Waals surface area contributed by atoms with Crippen LogP contribution in [0.2, 0.25) is 0 Å². The maximum atomic E-state index is 13.3. The van der Waals surface area contributed by atoms with Gasteiger partial charge in [0.25, 0.3) is 11.5 Å². The molecule has 1 amide bonds. The number of nitrogens with zero attached hydrogens (tertiary/aromatic N) is 5. The Kier molecular flexibility index (Phi) is 6.28. The molecule has 5 rings (SSSR count). The van der Waals surface area contributed by atoms with Gasteiger partial charge in [-0.3, -0.25) is 18.9 Å². The summed E-state index contributed by atoms with van der Waals surface area (Å²) < 4.78 is 9.21. The van der Waals surface area contributed by atoms with Crippen LogP contribution in [0.25, 0.3) is 11.7 Å². The van der Waals surface area contributed by atoms with Crippen molar-refractivity contribution in [2.24, 2.45) is 0 Å². The fraction of sp³-hybridized carbons (Fsp3) is 0.174. The number of aryl methyl sites for hydroxylation is 1. The number of hydrogen-bond donors (Lipinski definition) is 1. The van der Waals surface area contributed by atoms with Gasteiger partial charge in [-0.1, -0.05) is 30.0 Å². The van der Waals surface area contributed by atoms with Gasteiger partial charge in [0.15, 0.2) is 0 Å². The van der Waals surface area contributed by atoms with Gasteiger partial charge in [-0.25, -0.2) is 9.97 Å². The van der Waals surface area contributed by atoms with E-state index in [0.717, 1.165) is 24.7 Å². The van der Waals surface area contributed by atoms with Gasteiger partial charge in [-0.05, 0) is 36.8 Å². The molecule has 0 unspecified atom stereocenters. The van der Waals surface area contributed by atoms with Crippen LogP contribution in [0, 0.1) is 0 Å². The highest BCUT2D eigenvalue weighted by Crippen LogP contribution is 2.34. The van der Waals surface area contributed by atoms with E-state index in [4.69, 9.17) is 16.6 Å². The van der Waals surface area contributed by atoms with Gasteiger partial charge in [0.1, 0.15) is 21.5 Å². The Morgan fingerprint density at radius 2 is 2.09 bits per heavy atom. The minimum Gasteiger partial charge on any atom is -0.467 e. The number of aromatic nitrogens is 4. The number of thiocarbonyl (C=S) groups is 1. The highest BCUT2D eigenvalue weighted by atomic mass is 32.2. The molecule has 1 N–H and O–H groups in total. The molecule has 9 nitrogen and oxygen atoms in total. The Labute approximate surface area is 204 Å². The maximum absolute atomic E-state index is 13.3. The SMILES string of the molecule is O=C1/C(=C\c2c(NCCCn3ccnc3)nc3ccccn3c2=O)SC(=S)N1Cc1ccco1. The molecule has 1 aliphatic rings. The average molecular weight is 493 g/mol. The number of thioether (sulfide) groups is 1. The van der Waals surface area contributed by atoms with Crippen LogP contribution in [-0.2, 0) is 17.9 Å². The van der Waals surface area contributed by atoms with Gasteiger partial charge in [-0.15, -0.1) is 0 Å². The van der Waals surface area contributed by atoms with Crippen molar-refractivity contribution in [3.8, 4) is 0 Å². The molecule has 4 aromatic heterocycles. The number of anilines is 1. The summed E-state index contributed by atoms with van der Waals surface area (Å²) in [4.78, 5) is 36.9. The molecule has 1 fully saturated rings. The molecule has 5 heterocycles. The fourth-order valence-corrected chi connectivity index (χ4v) is 4.82. The summed E-state index contributed by atoms with van der Waals surface area (Å²) in [5, 5.41) is 3.27. The van der Waals surface area contributed by atoms with Gasteiger partial charge >= 0.3 is 0 Å². The van der Waals surface area contributed by atoms with Gasteiger partial charge in [0.2, 0.25) is 0 Å². The molecule has 0 saturated carbocycles. The Morgan fingerprint density at radius 3 is 2.88 bits per heavy atom. The smallest absolute Gasteiger partial charge is 0.267 e. The van der Waals surface area contributed by atoms with Gasteiger partial charge in [0, 0.05) is 31.7 Å². The number of nitrogens with one attached hydrogen (secondary N) is 1. The number of imidazole rings is 1. The third kappa shape index (κ3) is 4.52. The number of rotatable bonds is 8. The topological polar surface area (TPSA) is 97.7 Å². The largest absolute Gasteiger partial charge is 0.467 e. The molecule has 4 aromatic rings. The predicted octanol–water partition coefficient (Wildman–Crippen LogP) is 3.39. The normalized spacial score (nSPS) is 15.1. The summed E-state index contributed by atoms with van der Waals surface area (Å²) in [6, 6.07) is 8.90. The van der Waals surface area contributed by atoms with Crippen LogP contribution < -0.4 is 10.9 Å². The number of hydrogen-bond acceptors (Lipinski definition) is 8. The third-order valence-corrected chi connectivity index (χ3v) is 6.63. The molecule has 0 radical (unpaired) electrons. The molecule has 0 bridgehead atoms. The molecule has 172 valence electrons. The fourth-order valence-electron chi connectivity index (χ4n) is 3.58. The van der Waals surface area contributed by atoms with E-state index in [0.29, 0.717) is 38.6 Å². The van der Waals surface area contributed by atoms with Crippen LogP contribution in [0.15, 0.2) is 75.6 Å². The Morgan fingerprint density at radius 1 is 1.18 bits per heavy atom. The highest BCUT2D eigenvalue weighted by Gasteiger charge is 2.33. The second-order valence-electron chi connectivity index (χ2n) is 7.54. The lowest BCUT2D eigenvalue weighted by atomic mass is 10.2. The van der Waals surface area contributed by atoms with Gasteiger partial charge in [-0.2, -0.15) is 0 Å². The van der Waals surface area contributed by atoms with Crippen LogP contribution in [0.4, 0.5) is 5.82 Å². The lowest BCUT2D eigenvalue weighted by molar-refractivity contribution is -0.122. The summed E-state index contributed by atoms with van der Waals surface area (Å²) in [6.45, 7) is 1.61. The monoisotopic (exact) mass is 492 g/mol.